The zero-order valence-corrected chi connectivity index (χ0v) is 12.1. The third-order valence-corrected chi connectivity index (χ3v) is 3.52. The van der Waals surface area contributed by atoms with Crippen molar-refractivity contribution in [3.63, 3.8) is 0 Å². The topological polar surface area (TPSA) is 22.4 Å². The van der Waals surface area contributed by atoms with E-state index in [1.807, 2.05) is 49.4 Å². The number of hydrogen-bond donors (Lipinski definition) is 0. The largest absolute Gasteiger partial charge is 0.486 e. The molecule has 3 heteroatoms. The second-order valence-electron chi connectivity index (χ2n) is 4.45. The highest BCUT2D eigenvalue weighted by Crippen LogP contribution is 2.24. The number of furan rings is 1. The van der Waals surface area contributed by atoms with Crippen LogP contribution in [0.25, 0.3) is 11.0 Å². The second-order valence-corrected chi connectivity index (χ2v) is 5.36. The summed E-state index contributed by atoms with van der Waals surface area (Å²) in [5, 5.41) is 1.12. The molecule has 1 heterocycles. The highest BCUT2D eigenvalue weighted by Gasteiger charge is 2.06. The Labute approximate surface area is 120 Å². The van der Waals surface area contributed by atoms with Crippen LogP contribution in [-0.2, 0) is 6.61 Å². The number of aryl methyl sites for hydroxylation is 1. The van der Waals surface area contributed by atoms with E-state index < -0.39 is 0 Å². The average molecular weight is 317 g/mol. The number of benzene rings is 2. The summed E-state index contributed by atoms with van der Waals surface area (Å²) in [6.45, 7) is 2.49. The van der Waals surface area contributed by atoms with Crippen molar-refractivity contribution in [2.24, 2.45) is 0 Å². The molecule has 0 aliphatic rings. The van der Waals surface area contributed by atoms with Crippen LogP contribution in [0, 0.1) is 6.92 Å². The van der Waals surface area contributed by atoms with Crippen molar-refractivity contribution in [3.8, 4) is 5.75 Å². The van der Waals surface area contributed by atoms with Gasteiger partial charge in [-0.1, -0.05) is 34.1 Å². The van der Waals surface area contributed by atoms with Crippen LogP contribution in [0.5, 0.6) is 5.75 Å². The molecule has 2 nitrogen and oxygen atoms in total. The maximum atomic E-state index is 5.81. The van der Waals surface area contributed by atoms with Gasteiger partial charge in [-0.3, -0.25) is 0 Å². The molecular weight excluding hydrogens is 304 g/mol. The molecule has 0 saturated heterocycles. The minimum Gasteiger partial charge on any atom is -0.486 e. The number of hydrogen-bond acceptors (Lipinski definition) is 2. The molecule has 1 aromatic heterocycles. The lowest BCUT2D eigenvalue weighted by Gasteiger charge is -2.03. The minimum atomic E-state index is 0.440. The molecular formula is C16H13BrO2. The first-order valence-corrected chi connectivity index (χ1v) is 6.88. The lowest BCUT2D eigenvalue weighted by atomic mass is 10.2. The minimum absolute atomic E-state index is 0.440. The normalized spacial score (nSPS) is 10.8. The number of halogens is 1. The van der Waals surface area contributed by atoms with E-state index in [1.165, 1.54) is 0 Å². The fourth-order valence-electron chi connectivity index (χ4n) is 2.02. The molecule has 0 amide bonds. The van der Waals surface area contributed by atoms with Crippen molar-refractivity contribution in [1.82, 2.24) is 0 Å². The Morgan fingerprint density at radius 2 is 1.89 bits per heavy atom. The monoisotopic (exact) mass is 316 g/mol. The van der Waals surface area contributed by atoms with Crippen molar-refractivity contribution < 1.29 is 9.15 Å². The maximum Gasteiger partial charge on any atom is 0.146 e. The molecule has 3 rings (SSSR count). The van der Waals surface area contributed by atoms with Crippen LogP contribution >= 0.6 is 15.9 Å². The summed E-state index contributed by atoms with van der Waals surface area (Å²) in [6.07, 6.45) is 0. The molecule has 0 fully saturated rings. The first-order valence-electron chi connectivity index (χ1n) is 6.09. The van der Waals surface area contributed by atoms with E-state index in [0.29, 0.717) is 6.61 Å². The standard InChI is InChI=1S/C16H13BrO2/c1-11-3-2-4-12-9-15(19-16(11)12)10-18-14-7-5-13(17)6-8-14/h2-9H,10H2,1H3. The van der Waals surface area contributed by atoms with Crippen LogP contribution in [-0.4, -0.2) is 0 Å². The average Bonchev–Trinajstić information content (AvgIpc) is 2.83. The van der Waals surface area contributed by atoms with Crippen molar-refractivity contribution in [2.75, 3.05) is 0 Å². The number of fused-ring (bicyclic) bond motifs is 1. The van der Waals surface area contributed by atoms with Crippen LogP contribution in [0.2, 0.25) is 0 Å². The van der Waals surface area contributed by atoms with Crippen molar-refractivity contribution in [3.05, 3.63) is 64.3 Å². The van der Waals surface area contributed by atoms with Gasteiger partial charge in [-0.15, -0.1) is 0 Å². The molecule has 19 heavy (non-hydrogen) atoms. The SMILES string of the molecule is Cc1cccc2cc(COc3ccc(Br)cc3)oc12. The highest BCUT2D eigenvalue weighted by atomic mass is 79.9. The Bertz CT molecular complexity index is 698. The number of rotatable bonds is 3. The van der Waals surface area contributed by atoms with E-state index >= 15 is 0 Å². The lowest BCUT2D eigenvalue weighted by Crippen LogP contribution is -1.92. The molecule has 0 unspecified atom stereocenters. The molecule has 0 aliphatic heterocycles. The Kier molecular flexibility index (Phi) is 3.30. The van der Waals surface area contributed by atoms with Crippen LogP contribution < -0.4 is 4.74 Å². The summed E-state index contributed by atoms with van der Waals surface area (Å²) in [4.78, 5) is 0. The first-order chi connectivity index (χ1) is 9.22. The van der Waals surface area contributed by atoms with Gasteiger partial charge in [0.2, 0.25) is 0 Å². The summed E-state index contributed by atoms with van der Waals surface area (Å²) in [5.74, 6) is 1.67. The van der Waals surface area contributed by atoms with E-state index in [4.69, 9.17) is 9.15 Å². The summed E-state index contributed by atoms with van der Waals surface area (Å²) in [6, 6.07) is 15.9. The van der Waals surface area contributed by atoms with Gasteiger partial charge < -0.3 is 9.15 Å². The fourth-order valence-corrected chi connectivity index (χ4v) is 2.28. The molecule has 2 aromatic carbocycles. The predicted octanol–water partition coefficient (Wildman–Crippen LogP) is 5.08. The zero-order chi connectivity index (χ0) is 13.2. The molecule has 0 atom stereocenters. The molecule has 96 valence electrons. The Morgan fingerprint density at radius 3 is 2.63 bits per heavy atom. The van der Waals surface area contributed by atoms with Crippen LogP contribution in [0.3, 0.4) is 0 Å². The summed E-state index contributed by atoms with van der Waals surface area (Å²) in [7, 11) is 0. The van der Waals surface area contributed by atoms with E-state index in [-0.39, 0.29) is 0 Å². The lowest BCUT2D eigenvalue weighted by molar-refractivity contribution is 0.274. The van der Waals surface area contributed by atoms with Crippen molar-refractivity contribution >= 4 is 26.9 Å². The fraction of sp³-hybridized carbons (Fsp3) is 0.125. The molecule has 3 aromatic rings. The van der Waals surface area contributed by atoms with Gasteiger partial charge in [0.25, 0.3) is 0 Å². The molecule has 0 radical (unpaired) electrons. The zero-order valence-electron chi connectivity index (χ0n) is 10.5. The van der Waals surface area contributed by atoms with Crippen LogP contribution in [0.15, 0.2) is 57.4 Å². The van der Waals surface area contributed by atoms with E-state index in [0.717, 1.165) is 32.5 Å². The van der Waals surface area contributed by atoms with Gasteiger partial charge in [-0.05, 0) is 42.8 Å². The maximum absolute atomic E-state index is 5.81. The van der Waals surface area contributed by atoms with E-state index in [9.17, 15) is 0 Å². The summed E-state index contributed by atoms with van der Waals surface area (Å²) in [5.41, 5.74) is 2.09. The third kappa shape index (κ3) is 2.66. The smallest absolute Gasteiger partial charge is 0.146 e. The Hall–Kier alpha value is -1.74. The third-order valence-electron chi connectivity index (χ3n) is 2.99. The molecule has 0 aliphatic carbocycles. The highest BCUT2D eigenvalue weighted by molar-refractivity contribution is 9.10. The summed E-state index contributed by atoms with van der Waals surface area (Å²) < 4.78 is 12.6. The van der Waals surface area contributed by atoms with Gasteiger partial charge in [0.1, 0.15) is 23.7 Å². The van der Waals surface area contributed by atoms with Crippen LogP contribution in [0.4, 0.5) is 0 Å². The Morgan fingerprint density at radius 1 is 1.11 bits per heavy atom. The van der Waals surface area contributed by atoms with Gasteiger partial charge in [0.15, 0.2) is 0 Å². The predicted molar refractivity (Wildman–Crippen MR) is 79.4 cm³/mol. The molecule has 0 spiro atoms. The first kappa shape index (κ1) is 12.3. The molecule has 0 bridgehead atoms. The van der Waals surface area contributed by atoms with Gasteiger partial charge in [-0.25, -0.2) is 0 Å². The van der Waals surface area contributed by atoms with Gasteiger partial charge >= 0.3 is 0 Å². The van der Waals surface area contributed by atoms with Gasteiger partial charge in [0, 0.05) is 9.86 Å². The molecule has 0 N–H and O–H groups in total. The van der Waals surface area contributed by atoms with Crippen molar-refractivity contribution in [2.45, 2.75) is 13.5 Å². The Balaban J connectivity index is 1.78. The molecule has 0 saturated carbocycles. The second kappa shape index (κ2) is 5.10. The van der Waals surface area contributed by atoms with E-state index in [2.05, 4.69) is 22.0 Å². The number of ether oxygens (including phenoxy) is 1. The van der Waals surface area contributed by atoms with Gasteiger partial charge in [-0.2, -0.15) is 0 Å². The van der Waals surface area contributed by atoms with Gasteiger partial charge in [0.05, 0.1) is 0 Å². The van der Waals surface area contributed by atoms with Crippen molar-refractivity contribution in [1.29, 1.82) is 0 Å². The quantitative estimate of drug-likeness (QED) is 0.672. The van der Waals surface area contributed by atoms with E-state index in [1.54, 1.807) is 0 Å². The van der Waals surface area contributed by atoms with Crippen LogP contribution in [0.1, 0.15) is 11.3 Å². The number of para-hydroxylation sites is 1. The summed E-state index contributed by atoms with van der Waals surface area (Å²) >= 11 is 3.40.